The molecule has 0 saturated heterocycles. The van der Waals surface area contributed by atoms with Gasteiger partial charge in [-0.1, -0.05) is 11.6 Å². The monoisotopic (exact) mass is 312 g/mol. The first-order valence-corrected chi connectivity index (χ1v) is 7.28. The van der Waals surface area contributed by atoms with E-state index in [0.29, 0.717) is 17.4 Å². The first kappa shape index (κ1) is 14.8. The maximum absolute atomic E-state index is 13.3. The predicted molar refractivity (Wildman–Crippen MR) is 80.6 cm³/mol. The number of anilines is 1. The number of thiophene rings is 1. The highest BCUT2D eigenvalue weighted by Crippen LogP contribution is 2.23. The number of hydrogen-bond acceptors (Lipinski definition) is 3. The van der Waals surface area contributed by atoms with Gasteiger partial charge in [-0.05, 0) is 37.3 Å². The molecular weight excluding hydrogens is 299 g/mol. The maximum Gasteiger partial charge on any atom is 0.254 e. The summed E-state index contributed by atoms with van der Waals surface area (Å²) in [5.74, 6) is -0.758. The van der Waals surface area contributed by atoms with E-state index in [2.05, 4.69) is 0 Å². The predicted octanol–water partition coefficient (Wildman–Crippen LogP) is 3.79. The largest absolute Gasteiger partial charge is 0.399 e. The fourth-order valence-electron chi connectivity index (χ4n) is 1.87. The summed E-state index contributed by atoms with van der Waals surface area (Å²) < 4.78 is 14.0. The summed E-state index contributed by atoms with van der Waals surface area (Å²) in [4.78, 5) is 15.0. The number of nitrogen functional groups attached to an aromatic ring is 1. The van der Waals surface area contributed by atoms with Crippen molar-refractivity contribution in [3.63, 3.8) is 0 Å². The zero-order chi connectivity index (χ0) is 14.7. The molecule has 0 spiro atoms. The van der Waals surface area contributed by atoms with Crippen molar-refractivity contribution in [1.82, 2.24) is 4.90 Å². The standard InChI is InChI=1S/C14H14ClFN2OS/c1-2-18(8-12-3-4-13(15)20-12)14(19)9-5-10(16)7-11(17)6-9/h3-7H,2,8,17H2,1H3. The number of halogens is 2. The van der Waals surface area contributed by atoms with Crippen LogP contribution in [-0.4, -0.2) is 17.4 Å². The van der Waals surface area contributed by atoms with Gasteiger partial charge in [0.25, 0.3) is 5.91 Å². The minimum absolute atomic E-state index is 0.239. The van der Waals surface area contributed by atoms with Gasteiger partial charge in [-0.15, -0.1) is 11.3 Å². The van der Waals surface area contributed by atoms with E-state index >= 15 is 0 Å². The summed E-state index contributed by atoms with van der Waals surface area (Å²) >= 11 is 7.30. The Kier molecular flexibility index (Phi) is 4.62. The molecular formula is C14H14ClFN2OS. The van der Waals surface area contributed by atoms with Crippen molar-refractivity contribution in [2.45, 2.75) is 13.5 Å². The van der Waals surface area contributed by atoms with Gasteiger partial charge in [-0.3, -0.25) is 4.79 Å². The van der Waals surface area contributed by atoms with Crippen molar-refractivity contribution < 1.29 is 9.18 Å². The molecule has 0 aliphatic heterocycles. The minimum atomic E-state index is -0.511. The lowest BCUT2D eigenvalue weighted by molar-refractivity contribution is 0.0753. The van der Waals surface area contributed by atoms with Crippen molar-refractivity contribution >= 4 is 34.5 Å². The van der Waals surface area contributed by atoms with E-state index < -0.39 is 5.82 Å². The maximum atomic E-state index is 13.3. The molecule has 2 aromatic rings. The van der Waals surface area contributed by atoms with Gasteiger partial charge in [-0.25, -0.2) is 4.39 Å². The summed E-state index contributed by atoms with van der Waals surface area (Å²) in [6.07, 6.45) is 0. The summed E-state index contributed by atoms with van der Waals surface area (Å²) in [5.41, 5.74) is 6.06. The van der Waals surface area contributed by atoms with Gasteiger partial charge in [-0.2, -0.15) is 0 Å². The van der Waals surface area contributed by atoms with Crippen LogP contribution in [0.1, 0.15) is 22.2 Å². The topological polar surface area (TPSA) is 46.3 Å². The van der Waals surface area contributed by atoms with Crippen LogP contribution in [0.5, 0.6) is 0 Å². The van der Waals surface area contributed by atoms with Crippen molar-refractivity contribution in [2.75, 3.05) is 12.3 Å². The number of carbonyl (C=O) groups is 1. The Morgan fingerprint density at radius 3 is 2.70 bits per heavy atom. The Labute approximate surface area is 125 Å². The van der Waals surface area contributed by atoms with Crippen molar-refractivity contribution in [3.8, 4) is 0 Å². The molecule has 106 valence electrons. The Bertz CT molecular complexity index is 609. The molecule has 0 fully saturated rings. The SMILES string of the molecule is CCN(Cc1ccc(Cl)s1)C(=O)c1cc(N)cc(F)c1. The average Bonchev–Trinajstić information content (AvgIpc) is 2.79. The highest BCUT2D eigenvalue weighted by Gasteiger charge is 2.16. The fraction of sp³-hybridized carbons (Fsp3) is 0.214. The highest BCUT2D eigenvalue weighted by atomic mass is 35.5. The van der Waals surface area contributed by atoms with Crippen LogP contribution >= 0.6 is 22.9 Å². The van der Waals surface area contributed by atoms with Crippen LogP contribution in [0.3, 0.4) is 0 Å². The van der Waals surface area contributed by atoms with E-state index in [0.717, 1.165) is 4.88 Å². The molecule has 3 nitrogen and oxygen atoms in total. The normalized spacial score (nSPS) is 10.6. The third-order valence-electron chi connectivity index (χ3n) is 2.81. The molecule has 0 bridgehead atoms. The summed E-state index contributed by atoms with van der Waals surface area (Å²) in [6.45, 7) is 2.84. The van der Waals surface area contributed by atoms with E-state index in [1.165, 1.54) is 29.5 Å². The van der Waals surface area contributed by atoms with Crippen LogP contribution < -0.4 is 5.73 Å². The first-order chi connectivity index (χ1) is 9.49. The lowest BCUT2D eigenvalue weighted by Gasteiger charge is -2.20. The van der Waals surface area contributed by atoms with Crippen molar-refractivity contribution in [3.05, 3.63) is 50.9 Å². The lowest BCUT2D eigenvalue weighted by atomic mass is 10.1. The molecule has 0 aliphatic carbocycles. The molecule has 0 atom stereocenters. The van der Waals surface area contributed by atoms with Crippen LogP contribution in [0.15, 0.2) is 30.3 Å². The van der Waals surface area contributed by atoms with Gasteiger partial charge >= 0.3 is 0 Å². The van der Waals surface area contributed by atoms with E-state index in [-0.39, 0.29) is 17.2 Å². The number of hydrogen-bond donors (Lipinski definition) is 1. The van der Waals surface area contributed by atoms with Crippen LogP contribution in [-0.2, 0) is 6.54 Å². The Balaban J connectivity index is 2.20. The van der Waals surface area contributed by atoms with Gasteiger partial charge in [0.2, 0.25) is 0 Å². The second-order valence-electron chi connectivity index (χ2n) is 4.30. The summed E-state index contributed by atoms with van der Waals surface area (Å²) in [6, 6.07) is 7.53. The van der Waals surface area contributed by atoms with Crippen LogP contribution in [0.25, 0.3) is 0 Å². The molecule has 6 heteroatoms. The molecule has 1 amide bonds. The third-order valence-corrected chi connectivity index (χ3v) is 4.03. The number of nitrogens with two attached hydrogens (primary N) is 1. The van der Waals surface area contributed by atoms with Gasteiger partial charge in [0.1, 0.15) is 5.82 Å². The Morgan fingerprint density at radius 1 is 1.40 bits per heavy atom. The van der Waals surface area contributed by atoms with Gasteiger partial charge in [0.05, 0.1) is 10.9 Å². The number of benzene rings is 1. The number of amides is 1. The van der Waals surface area contributed by atoms with E-state index in [4.69, 9.17) is 17.3 Å². The second kappa shape index (κ2) is 6.24. The summed E-state index contributed by atoms with van der Waals surface area (Å²) in [5, 5.41) is 0. The summed E-state index contributed by atoms with van der Waals surface area (Å²) in [7, 11) is 0. The second-order valence-corrected chi connectivity index (χ2v) is 6.10. The quantitative estimate of drug-likeness (QED) is 0.873. The Morgan fingerprint density at radius 2 is 2.15 bits per heavy atom. The molecule has 0 saturated carbocycles. The van der Waals surface area contributed by atoms with Crippen molar-refractivity contribution in [2.24, 2.45) is 0 Å². The number of rotatable bonds is 4. The molecule has 0 radical (unpaired) electrons. The molecule has 2 rings (SSSR count). The number of nitrogens with zero attached hydrogens (tertiary/aromatic N) is 1. The number of carbonyl (C=O) groups excluding carboxylic acids is 1. The fourth-order valence-corrected chi connectivity index (χ4v) is 2.97. The van der Waals surface area contributed by atoms with E-state index in [9.17, 15) is 9.18 Å². The molecule has 1 heterocycles. The van der Waals surface area contributed by atoms with Gasteiger partial charge in [0.15, 0.2) is 0 Å². The van der Waals surface area contributed by atoms with E-state index in [1.54, 1.807) is 11.0 Å². The third kappa shape index (κ3) is 3.49. The van der Waals surface area contributed by atoms with Gasteiger partial charge in [0, 0.05) is 22.7 Å². The zero-order valence-electron chi connectivity index (χ0n) is 10.9. The molecule has 20 heavy (non-hydrogen) atoms. The lowest BCUT2D eigenvalue weighted by Crippen LogP contribution is -2.30. The van der Waals surface area contributed by atoms with E-state index in [1.807, 2.05) is 13.0 Å². The molecule has 1 aromatic carbocycles. The van der Waals surface area contributed by atoms with Crippen LogP contribution in [0.2, 0.25) is 4.34 Å². The van der Waals surface area contributed by atoms with Crippen LogP contribution in [0.4, 0.5) is 10.1 Å². The minimum Gasteiger partial charge on any atom is -0.399 e. The smallest absolute Gasteiger partial charge is 0.254 e. The molecule has 2 N–H and O–H groups in total. The van der Waals surface area contributed by atoms with Gasteiger partial charge < -0.3 is 10.6 Å². The molecule has 0 aliphatic rings. The first-order valence-electron chi connectivity index (χ1n) is 6.09. The Hall–Kier alpha value is -1.59. The van der Waals surface area contributed by atoms with Crippen molar-refractivity contribution in [1.29, 1.82) is 0 Å². The van der Waals surface area contributed by atoms with Crippen LogP contribution in [0, 0.1) is 5.82 Å². The molecule has 1 aromatic heterocycles. The highest BCUT2D eigenvalue weighted by molar-refractivity contribution is 7.16. The average molecular weight is 313 g/mol. The molecule has 0 unspecified atom stereocenters. The zero-order valence-corrected chi connectivity index (χ0v) is 12.5.